The number of β-lactam (4-membered cyclic amide) rings is 1. The predicted molar refractivity (Wildman–Crippen MR) is 137 cm³/mol. The molecule has 2 N–H and O–H groups in total. The fourth-order valence-electron chi connectivity index (χ4n) is 4.19. The highest BCUT2D eigenvalue weighted by Gasteiger charge is 2.55. The Bertz CT molecular complexity index is 1280. The number of pyridine rings is 1. The lowest BCUT2D eigenvalue weighted by molar-refractivity contribution is -0.156. The normalized spacial score (nSPS) is 16.9. The number of hydrogen-bond donors (Lipinski definition) is 2. The first kappa shape index (κ1) is 25.2. The van der Waals surface area contributed by atoms with Gasteiger partial charge >= 0.3 is 6.03 Å². The largest absolute Gasteiger partial charge is 0.370 e. The fraction of sp³-hybridized carbons (Fsp3) is 0.320. The Morgan fingerprint density at radius 3 is 2.67 bits per heavy atom. The van der Waals surface area contributed by atoms with E-state index in [9.17, 15) is 14.4 Å². The van der Waals surface area contributed by atoms with Crippen molar-refractivity contribution in [3.8, 4) is 0 Å². The summed E-state index contributed by atoms with van der Waals surface area (Å²) in [5, 5.41) is 10.7. The van der Waals surface area contributed by atoms with E-state index in [-0.39, 0.29) is 6.54 Å². The number of likely N-dealkylation sites (N-methyl/N-ethyl adjacent to an activating group) is 1. The summed E-state index contributed by atoms with van der Waals surface area (Å²) in [6, 6.07) is 10.8. The van der Waals surface area contributed by atoms with Gasteiger partial charge in [0.05, 0.1) is 5.92 Å². The van der Waals surface area contributed by atoms with Crippen LogP contribution >= 0.6 is 11.6 Å². The molecule has 11 heteroatoms. The van der Waals surface area contributed by atoms with Crippen LogP contribution in [0.4, 0.5) is 16.4 Å². The smallest absolute Gasteiger partial charge is 0.325 e. The van der Waals surface area contributed by atoms with Gasteiger partial charge in [-0.2, -0.15) is 5.10 Å². The molecule has 0 unspecified atom stereocenters. The number of imide groups is 1. The number of aromatic nitrogens is 3. The molecular weight excluding hydrogens is 482 g/mol. The van der Waals surface area contributed by atoms with Gasteiger partial charge in [-0.1, -0.05) is 23.7 Å². The molecule has 3 aromatic rings. The van der Waals surface area contributed by atoms with Crippen molar-refractivity contribution in [1.29, 1.82) is 0 Å². The zero-order chi connectivity index (χ0) is 25.8. The summed E-state index contributed by atoms with van der Waals surface area (Å²) in [5.74, 6) is -0.382. The molecule has 0 radical (unpaired) electrons. The van der Waals surface area contributed by atoms with Gasteiger partial charge in [0.2, 0.25) is 5.91 Å². The fourth-order valence-corrected chi connectivity index (χ4v) is 4.41. The number of benzene rings is 1. The molecule has 4 rings (SSSR count). The minimum absolute atomic E-state index is 0.168. The molecule has 188 valence electrons. The van der Waals surface area contributed by atoms with E-state index in [0.717, 1.165) is 16.0 Å². The van der Waals surface area contributed by atoms with Gasteiger partial charge in [-0.15, -0.1) is 0 Å². The topological polar surface area (TPSA) is 112 Å². The van der Waals surface area contributed by atoms with E-state index in [2.05, 4.69) is 20.7 Å². The Morgan fingerprint density at radius 1 is 1.17 bits per heavy atom. The van der Waals surface area contributed by atoms with Crippen molar-refractivity contribution in [1.82, 2.24) is 25.0 Å². The molecule has 1 aromatic carbocycles. The van der Waals surface area contributed by atoms with Crippen LogP contribution in [0.5, 0.6) is 0 Å². The molecule has 1 saturated heterocycles. The second kappa shape index (κ2) is 10.8. The Kier molecular flexibility index (Phi) is 7.54. The highest BCUT2D eigenvalue weighted by Crippen LogP contribution is 2.32. The second-order valence-corrected chi connectivity index (χ2v) is 9.01. The van der Waals surface area contributed by atoms with Crippen LogP contribution < -0.4 is 15.5 Å². The Hall–Kier alpha value is -3.92. The van der Waals surface area contributed by atoms with Gasteiger partial charge in [0.1, 0.15) is 11.9 Å². The zero-order valence-corrected chi connectivity index (χ0v) is 21.1. The summed E-state index contributed by atoms with van der Waals surface area (Å²) in [4.78, 5) is 46.4. The molecule has 1 fully saturated rings. The molecule has 4 amide bonds. The predicted octanol–water partition coefficient (Wildman–Crippen LogP) is 2.84. The maximum atomic E-state index is 13.5. The maximum absolute atomic E-state index is 13.5. The lowest BCUT2D eigenvalue weighted by Crippen LogP contribution is -2.70. The molecule has 1 aliphatic rings. The molecule has 1 aliphatic heterocycles. The van der Waals surface area contributed by atoms with Crippen LogP contribution in [-0.4, -0.2) is 57.1 Å². The van der Waals surface area contributed by atoms with Gasteiger partial charge in [0.25, 0.3) is 5.91 Å². The van der Waals surface area contributed by atoms with Crippen molar-refractivity contribution in [2.45, 2.75) is 25.9 Å². The summed E-state index contributed by atoms with van der Waals surface area (Å²) in [7, 11) is 3.33. The first-order valence-corrected chi connectivity index (χ1v) is 12.0. The number of nitrogens with zero attached hydrogens (tertiary/aromatic N) is 5. The standard InChI is InChI=1S/C25H28ClN7O3/c1-4-27-20-14-16(8-10-28-20)13-19-22(24(35)32(3)21-9-11-31(2)30-21)33(23(19)34)25(36)29-15-17-6-5-7-18(26)12-17/h5-12,14,19,22H,4,13,15H2,1-3H3,(H,27,28)(H,29,36)/t19-,22+/m1/s1. The van der Waals surface area contributed by atoms with E-state index in [1.807, 2.05) is 19.1 Å². The Balaban J connectivity index is 1.55. The molecule has 0 aliphatic carbocycles. The van der Waals surface area contributed by atoms with Gasteiger partial charge in [0.15, 0.2) is 5.82 Å². The number of urea groups is 1. The number of hydrogen-bond acceptors (Lipinski definition) is 6. The van der Waals surface area contributed by atoms with Crippen molar-refractivity contribution < 1.29 is 14.4 Å². The average molecular weight is 510 g/mol. The third-order valence-corrected chi connectivity index (χ3v) is 6.27. The first-order valence-electron chi connectivity index (χ1n) is 11.6. The van der Waals surface area contributed by atoms with E-state index in [0.29, 0.717) is 29.6 Å². The molecule has 36 heavy (non-hydrogen) atoms. The van der Waals surface area contributed by atoms with Crippen molar-refractivity contribution >= 4 is 41.1 Å². The number of anilines is 2. The molecule has 2 atom stereocenters. The van der Waals surface area contributed by atoms with Crippen LogP contribution in [0, 0.1) is 5.92 Å². The molecule has 0 spiro atoms. The number of aryl methyl sites for hydroxylation is 1. The number of carbonyl (C=O) groups excluding carboxylic acids is 3. The SMILES string of the molecule is CCNc1cc(C[C@H]2C(=O)N(C(=O)NCc3cccc(Cl)c3)[C@@H]2C(=O)N(C)c2ccn(C)n2)ccn1. The van der Waals surface area contributed by atoms with E-state index in [1.54, 1.807) is 61.5 Å². The lowest BCUT2D eigenvalue weighted by Gasteiger charge is -2.45. The Morgan fingerprint density at radius 2 is 1.97 bits per heavy atom. The van der Waals surface area contributed by atoms with Gasteiger partial charge in [-0.25, -0.2) is 9.78 Å². The summed E-state index contributed by atoms with van der Waals surface area (Å²) in [5.41, 5.74) is 1.62. The van der Waals surface area contributed by atoms with Gasteiger partial charge in [-0.05, 0) is 48.7 Å². The zero-order valence-electron chi connectivity index (χ0n) is 20.3. The minimum atomic E-state index is -0.973. The van der Waals surface area contributed by atoms with E-state index < -0.39 is 29.8 Å². The van der Waals surface area contributed by atoms with Crippen LogP contribution in [0.15, 0.2) is 54.9 Å². The van der Waals surface area contributed by atoms with Crippen molar-refractivity contribution in [3.63, 3.8) is 0 Å². The van der Waals surface area contributed by atoms with Crippen LogP contribution in [0.1, 0.15) is 18.1 Å². The van der Waals surface area contributed by atoms with Gasteiger partial charge in [0, 0.05) is 50.7 Å². The second-order valence-electron chi connectivity index (χ2n) is 8.58. The van der Waals surface area contributed by atoms with Crippen molar-refractivity contribution in [3.05, 3.63) is 71.0 Å². The average Bonchev–Trinajstić information content (AvgIpc) is 3.30. The Labute approximate surface area is 214 Å². The molecule has 3 heterocycles. The van der Waals surface area contributed by atoms with Crippen LogP contribution in [0.2, 0.25) is 5.02 Å². The van der Waals surface area contributed by atoms with E-state index in [4.69, 9.17) is 11.6 Å². The van der Waals surface area contributed by atoms with Crippen LogP contribution in [0.25, 0.3) is 0 Å². The number of likely N-dealkylation sites (tertiary alicyclic amines) is 1. The van der Waals surface area contributed by atoms with Gasteiger partial charge < -0.3 is 10.6 Å². The molecule has 0 saturated carbocycles. The first-order chi connectivity index (χ1) is 17.3. The van der Waals surface area contributed by atoms with Gasteiger partial charge in [-0.3, -0.25) is 24.1 Å². The molecular formula is C25H28ClN7O3. The summed E-state index contributed by atoms with van der Waals surface area (Å²) < 4.78 is 1.58. The van der Waals surface area contributed by atoms with Crippen molar-refractivity contribution in [2.75, 3.05) is 23.8 Å². The molecule has 0 bridgehead atoms. The summed E-state index contributed by atoms with van der Waals surface area (Å²) in [6.45, 7) is 2.84. The van der Waals surface area contributed by atoms with Crippen LogP contribution in [0.3, 0.4) is 0 Å². The molecule has 2 aromatic heterocycles. The monoisotopic (exact) mass is 509 g/mol. The number of carbonyl (C=O) groups is 3. The number of nitrogens with one attached hydrogen (secondary N) is 2. The highest BCUT2D eigenvalue weighted by molar-refractivity contribution is 6.30. The van der Waals surface area contributed by atoms with Crippen molar-refractivity contribution in [2.24, 2.45) is 13.0 Å². The molecule has 10 nitrogen and oxygen atoms in total. The number of halogens is 1. The van der Waals surface area contributed by atoms with E-state index >= 15 is 0 Å². The third kappa shape index (κ3) is 5.33. The third-order valence-electron chi connectivity index (χ3n) is 6.03. The summed E-state index contributed by atoms with van der Waals surface area (Å²) in [6.07, 6.45) is 3.67. The quantitative estimate of drug-likeness (QED) is 0.451. The lowest BCUT2D eigenvalue weighted by atomic mass is 9.81. The highest BCUT2D eigenvalue weighted by atomic mass is 35.5. The van der Waals surface area contributed by atoms with Crippen LogP contribution in [-0.2, 0) is 29.6 Å². The number of amides is 4. The number of rotatable bonds is 8. The maximum Gasteiger partial charge on any atom is 0.325 e. The minimum Gasteiger partial charge on any atom is -0.370 e. The summed E-state index contributed by atoms with van der Waals surface area (Å²) >= 11 is 6.03. The van der Waals surface area contributed by atoms with E-state index in [1.165, 1.54) is 4.90 Å².